The Hall–Kier alpha value is -3.98. The fourth-order valence-electron chi connectivity index (χ4n) is 4.16. The number of nitrogens with one attached hydrogen (secondary N) is 2. The standard InChI is InChI=1S/C26H30N8O/c1-3-33(4-2)26-31-24(28-20-9-11-21(12-10-20)34-15-17-35-18-16-34)30-25(32-26)29-23-22-8-6-5-7-19(22)13-14-27-23/h5-14H,3-4,15-18H2,1-2H3,(H2,27,28,29,30,31,32). The van der Waals surface area contributed by atoms with Gasteiger partial charge in [-0.2, -0.15) is 15.0 Å². The van der Waals surface area contributed by atoms with Crippen molar-refractivity contribution in [3.05, 3.63) is 60.8 Å². The van der Waals surface area contributed by atoms with Gasteiger partial charge in [-0.25, -0.2) is 4.98 Å². The molecule has 0 unspecified atom stereocenters. The molecule has 2 aromatic heterocycles. The maximum Gasteiger partial charge on any atom is 0.235 e. The van der Waals surface area contributed by atoms with Crippen LogP contribution in [0.3, 0.4) is 0 Å². The maximum atomic E-state index is 5.46. The average molecular weight is 471 g/mol. The monoisotopic (exact) mass is 470 g/mol. The molecule has 1 aliphatic rings. The fourth-order valence-corrected chi connectivity index (χ4v) is 4.16. The SMILES string of the molecule is CCN(CC)c1nc(Nc2ccc(N3CCOCC3)cc2)nc(Nc2nccc3ccccc23)n1. The number of pyridine rings is 1. The summed E-state index contributed by atoms with van der Waals surface area (Å²) in [7, 11) is 0. The van der Waals surface area contributed by atoms with Gasteiger partial charge in [-0.1, -0.05) is 24.3 Å². The fraction of sp³-hybridized carbons (Fsp3) is 0.308. The zero-order valence-electron chi connectivity index (χ0n) is 20.1. The Labute approximate surface area is 205 Å². The van der Waals surface area contributed by atoms with E-state index in [2.05, 4.69) is 67.4 Å². The molecule has 2 N–H and O–H groups in total. The van der Waals surface area contributed by atoms with Crippen molar-refractivity contribution in [2.75, 3.05) is 59.8 Å². The minimum atomic E-state index is 0.443. The van der Waals surface area contributed by atoms with Gasteiger partial charge in [-0.3, -0.25) is 0 Å². The number of anilines is 6. The van der Waals surface area contributed by atoms with Crippen molar-refractivity contribution in [2.24, 2.45) is 0 Å². The molecule has 0 radical (unpaired) electrons. The second kappa shape index (κ2) is 10.5. The van der Waals surface area contributed by atoms with Crippen molar-refractivity contribution in [1.82, 2.24) is 19.9 Å². The van der Waals surface area contributed by atoms with E-state index in [4.69, 9.17) is 9.72 Å². The molecule has 4 aromatic rings. The molecule has 9 heteroatoms. The second-order valence-electron chi connectivity index (χ2n) is 8.23. The largest absolute Gasteiger partial charge is 0.378 e. The Morgan fingerprint density at radius 2 is 1.57 bits per heavy atom. The van der Waals surface area contributed by atoms with Crippen LogP contribution in [0, 0.1) is 0 Å². The highest BCUT2D eigenvalue weighted by molar-refractivity contribution is 5.92. The van der Waals surface area contributed by atoms with Crippen LogP contribution in [0.2, 0.25) is 0 Å². The Morgan fingerprint density at radius 3 is 2.31 bits per heavy atom. The van der Waals surface area contributed by atoms with Crippen molar-refractivity contribution in [3.63, 3.8) is 0 Å². The molecule has 0 atom stereocenters. The molecule has 0 saturated carbocycles. The van der Waals surface area contributed by atoms with Gasteiger partial charge in [0.15, 0.2) is 0 Å². The molecule has 0 amide bonds. The van der Waals surface area contributed by atoms with Gasteiger partial charge in [0.05, 0.1) is 13.2 Å². The molecular weight excluding hydrogens is 440 g/mol. The molecule has 0 aliphatic carbocycles. The van der Waals surface area contributed by atoms with Crippen LogP contribution in [0.4, 0.5) is 35.0 Å². The van der Waals surface area contributed by atoms with Gasteiger partial charge in [0.2, 0.25) is 17.8 Å². The normalized spacial score (nSPS) is 13.6. The quantitative estimate of drug-likeness (QED) is 0.384. The van der Waals surface area contributed by atoms with E-state index >= 15 is 0 Å². The minimum absolute atomic E-state index is 0.443. The molecular formula is C26H30N8O. The summed E-state index contributed by atoms with van der Waals surface area (Å²) in [5, 5.41) is 8.76. The van der Waals surface area contributed by atoms with Crippen molar-refractivity contribution in [2.45, 2.75) is 13.8 Å². The lowest BCUT2D eigenvalue weighted by Gasteiger charge is -2.28. The van der Waals surface area contributed by atoms with E-state index in [0.717, 1.165) is 55.9 Å². The molecule has 180 valence electrons. The zero-order valence-corrected chi connectivity index (χ0v) is 20.1. The van der Waals surface area contributed by atoms with Crippen LogP contribution in [-0.4, -0.2) is 59.3 Å². The summed E-state index contributed by atoms with van der Waals surface area (Å²) in [6.07, 6.45) is 1.78. The molecule has 5 rings (SSSR count). The lowest BCUT2D eigenvalue weighted by atomic mass is 10.1. The minimum Gasteiger partial charge on any atom is -0.378 e. The molecule has 0 spiro atoms. The topological polar surface area (TPSA) is 91.3 Å². The van der Waals surface area contributed by atoms with E-state index in [1.54, 1.807) is 6.20 Å². The molecule has 1 fully saturated rings. The van der Waals surface area contributed by atoms with Crippen molar-refractivity contribution < 1.29 is 4.74 Å². The van der Waals surface area contributed by atoms with Crippen LogP contribution in [0.1, 0.15) is 13.8 Å². The van der Waals surface area contributed by atoms with Gasteiger partial charge in [-0.05, 0) is 49.6 Å². The highest BCUT2D eigenvalue weighted by atomic mass is 16.5. The van der Waals surface area contributed by atoms with Gasteiger partial charge in [0, 0.05) is 49.1 Å². The van der Waals surface area contributed by atoms with Crippen molar-refractivity contribution in [1.29, 1.82) is 0 Å². The lowest BCUT2D eigenvalue weighted by molar-refractivity contribution is 0.122. The average Bonchev–Trinajstić information content (AvgIpc) is 2.91. The third kappa shape index (κ3) is 5.25. The Kier molecular flexibility index (Phi) is 6.85. The van der Waals surface area contributed by atoms with Crippen molar-refractivity contribution in [3.8, 4) is 0 Å². The Bertz CT molecular complexity index is 1260. The summed E-state index contributed by atoms with van der Waals surface area (Å²) in [4.78, 5) is 23.0. The predicted octanol–water partition coefficient (Wildman–Crippen LogP) is 4.59. The van der Waals surface area contributed by atoms with Gasteiger partial charge in [0.25, 0.3) is 0 Å². The van der Waals surface area contributed by atoms with E-state index in [1.807, 2.05) is 36.4 Å². The van der Waals surface area contributed by atoms with E-state index in [0.29, 0.717) is 23.7 Å². The smallest absolute Gasteiger partial charge is 0.235 e. The number of hydrogen-bond donors (Lipinski definition) is 2. The van der Waals surface area contributed by atoms with Gasteiger partial charge in [0.1, 0.15) is 5.82 Å². The number of fused-ring (bicyclic) bond motifs is 1. The molecule has 2 aromatic carbocycles. The molecule has 1 saturated heterocycles. The van der Waals surface area contributed by atoms with Crippen LogP contribution < -0.4 is 20.4 Å². The Balaban J connectivity index is 1.43. The highest BCUT2D eigenvalue weighted by Gasteiger charge is 2.14. The van der Waals surface area contributed by atoms with Crippen molar-refractivity contribution >= 4 is 45.8 Å². The summed E-state index contributed by atoms with van der Waals surface area (Å²) >= 11 is 0. The molecule has 35 heavy (non-hydrogen) atoms. The molecule has 3 heterocycles. The maximum absolute atomic E-state index is 5.46. The number of hydrogen-bond acceptors (Lipinski definition) is 9. The summed E-state index contributed by atoms with van der Waals surface area (Å²) in [6, 6.07) is 18.4. The van der Waals surface area contributed by atoms with Crippen LogP contribution in [0.15, 0.2) is 60.8 Å². The highest BCUT2D eigenvalue weighted by Crippen LogP contribution is 2.25. The number of benzene rings is 2. The van der Waals surface area contributed by atoms with E-state index in [-0.39, 0.29) is 0 Å². The first-order chi connectivity index (χ1) is 17.2. The summed E-state index contributed by atoms with van der Waals surface area (Å²) in [6.45, 7) is 9.10. The first-order valence-corrected chi connectivity index (χ1v) is 12.0. The number of ether oxygens (including phenoxy) is 1. The lowest BCUT2D eigenvalue weighted by Crippen LogP contribution is -2.36. The zero-order chi connectivity index (χ0) is 24.0. The van der Waals surface area contributed by atoms with Gasteiger partial charge in [-0.15, -0.1) is 0 Å². The summed E-state index contributed by atoms with van der Waals surface area (Å²) in [5.74, 6) is 2.24. The molecule has 0 bridgehead atoms. The van der Waals surface area contributed by atoms with Crippen LogP contribution in [0.25, 0.3) is 10.8 Å². The third-order valence-electron chi connectivity index (χ3n) is 6.07. The summed E-state index contributed by atoms with van der Waals surface area (Å²) in [5.41, 5.74) is 2.09. The number of morpholine rings is 1. The third-order valence-corrected chi connectivity index (χ3v) is 6.07. The van der Waals surface area contributed by atoms with Gasteiger partial charge < -0.3 is 25.2 Å². The molecule has 9 nitrogen and oxygen atoms in total. The van der Waals surface area contributed by atoms with Crippen LogP contribution >= 0.6 is 0 Å². The number of aromatic nitrogens is 4. The first-order valence-electron chi connectivity index (χ1n) is 12.0. The van der Waals surface area contributed by atoms with E-state index in [1.165, 1.54) is 5.69 Å². The number of nitrogens with zero attached hydrogens (tertiary/aromatic N) is 6. The first kappa shape index (κ1) is 22.8. The Morgan fingerprint density at radius 1 is 0.857 bits per heavy atom. The second-order valence-corrected chi connectivity index (χ2v) is 8.23. The molecule has 1 aliphatic heterocycles. The van der Waals surface area contributed by atoms with Gasteiger partial charge >= 0.3 is 0 Å². The number of rotatable bonds is 8. The van der Waals surface area contributed by atoms with Crippen LogP contribution in [0.5, 0.6) is 0 Å². The van der Waals surface area contributed by atoms with E-state index < -0.39 is 0 Å². The summed E-state index contributed by atoms with van der Waals surface area (Å²) < 4.78 is 5.46. The van der Waals surface area contributed by atoms with Crippen LogP contribution in [-0.2, 0) is 4.74 Å². The predicted molar refractivity (Wildman–Crippen MR) is 141 cm³/mol. The van der Waals surface area contributed by atoms with E-state index in [9.17, 15) is 0 Å².